The Bertz CT molecular complexity index is 619. The third-order valence-corrected chi connectivity index (χ3v) is 5.65. The van der Waals surface area contributed by atoms with Crippen LogP contribution < -0.4 is 9.64 Å². The molecule has 0 aromatic heterocycles. The number of anilines is 1. The minimum Gasteiger partial charge on any atom is -0.496 e. The first-order valence-corrected chi connectivity index (χ1v) is 8.85. The predicted molar refractivity (Wildman–Crippen MR) is 81.2 cm³/mol. The fourth-order valence-corrected chi connectivity index (χ4v) is 3.68. The summed E-state index contributed by atoms with van der Waals surface area (Å²) < 4.78 is 28.6. The molecule has 8 heteroatoms. The van der Waals surface area contributed by atoms with Gasteiger partial charge in [0.25, 0.3) is 0 Å². The molecule has 0 radical (unpaired) electrons. The predicted octanol–water partition coefficient (Wildman–Crippen LogP) is 1.97. The molecule has 104 valence electrons. The molecule has 1 aromatic carbocycles. The van der Waals surface area contributed by atoms with Gasteiger partial charge in [-0.2, -0.15) is 0 Å². The van der Waals surface area contributed by atoms with Gasteiger partial charge in [-0.05, 0) is 40.8 Å². The molecule has 1 fully saturated rings. The van der Waals surface area contributed by atoms with Crippen molar-refractivity contribution in [2.24, 2.45) is 0 Å². The topological polar surface area (TPSA) is 63.7 Å². The highest BCUT2D eigenvalue weighted by Crippen LogP contribution is 2.30. The van der Waals surface area contributed by atoms with Crippen molar-refractivity contribution in [3.05, 3.63) is 21.8 Å². The van der Waals surface area contributed by atoms with Crippen molar-refractivity contribution in [1.82, 2.24) is 0 Å². The van der Waals surface area contributed by atoms with Crippen LogP contribution in [0.3, 0.4) is 0 Å². The Balaban J connectivity index is 2.28. The average Bonchev–Trinajstić information content (AvgIpc) is 2.71. The Morgan fingerprint density at radius 1 is 1.47 bits per heavy atom. The molecule has 0 saturated carbocycles. The van der Waals surface area contributed by atoms with Gasteiger partial charge in [0.2, 0.25) is 15.0 Å². The van der Waals surface area contributed by atoms with E-state index in [4.69, 9.17) is 15.4 Å². The summed E-state index contributed by atoms with van der Waals surface area (Å²) in [5.41, 5.74) is 0.651. The van der Waals surface area contributed by atoms with Gasteiger partial charge < -0.3 is 9.64 Å². The van der Waals surface area contributed by atoms with E-state index in [1.807, 2.05) is 0 Å². The van der Waals surface area contributed by atoms with Gasteiger partial charge in [-0.25, -0.2) is 8.42 Å². The molecule has 0 spiro atoms. The van der Waals surface area contributed by atoms with Crippen LogP contribution in [0.4, 0.5) is 5.69 Å². The normalized spacial score (nSPS) is 19.8. The molecule has 1 atom stereocenters. The summed E-state index contributed by atoms with van der Waals surface area (Å²) >= 11 is 2.09. The Morgan fingerprint density at radius 3 is 2.63 bits per heavy atom. The van der Waals surface area contributed by atoms with Crippen LogP contribution in [-0.4, -0.2) is 33.2 Å². The van der Waals surface area contributed by atoms with Crippen LogP contribution in [-0.2, 0) is 13.8 Å². The number of carbonyl (C=O) groups is 1. The number of benzene rings is 1. The monoisotopic (exact) mass is 415 g/mol. The maximum Gasteiger partial charge on any atom is 0.237 e. The SMILES string of the molecule is COc1ccc(N2CC(S(=O)(=O)Cl)CC2=O)cc1I. The van der Waals surface area contributed by atoms with Crippen molar-refractivity contribution >= 4 is 53.9 Å². The van der Waals surface area contributed by atoms with E-state index in [1.54, 1.807) is 25.3 Å². The van der Waals surface area contributed by atoms with Crippen LogP contribution in [0.5, 0.6) is 5.75 Å². The van der Waals surface area contributed by atoms with Crippen LogP contribution in [0.15, 0.2) is 18.2 Å². The molecular formula is C11H11ClINO4S. The van der Waals surface area contributed by atoms with Gasteiger partial charge >= 0.3 is 0 Å². The molecular weight excluding hydrogens is 405 g/mol. The van der Waals surface area contributed by atoms with Crippen LogP contribution in [0.25, 0.3) is 0 Å². The first-order valence-electron chi connectivity index (χ1n) is 5.40. The summed E-state index contributed by atoms with van der Waals surface area (Å²) in [6.45, 7) is 0.0904. The zero-order chi connectivity index (χ0) is 14.2. The van der Waals surface area contributed by atoms with E-state index in [9.17, 15) is 13.2 Å². The number of nitrogens with zero attached hydrogens (tertiary/aromatic N) is 1. The third kappa shape index (κ3) is 3.14. The second-order valence-electron chi connectivity index (χ2n) is 4.12. The van der Waals surface area contributed by atoms with Crippen molar-refractivity contribution in [2.75, 3.05) is 18.6 Å². The van der Waals surface area contributed by atoms with Gasteiger partial charge in [0.15, 0.2) is 0 Å². The Morgan fingerprint density at radius 2 is 2.16 bits per heavy atom. The summed E-state index contributed by atoms with van der Waals surface area (Å²) in [4.78, 5) is 13.3. The van der Waals surface area contributed by atoms with Gasteiger partial charge in [-0.1, -0.05) is 0 Å². The summed E-state index contributed by atoms with van der Waals surface area (Å²) in [7, 11) is 3.16. The molecule has 1 heterocycles. The molecule has 2 rings (SSSR count). The maximum atomic E-state index is 11.9. The van der Waals surface area contributed by atoms with Gasteiger partial charge in [-0.15, -0.1) is 0 Å². The Labute approximate surface area is 129 Å². The number of amides is 1. The fraction of sp³-hybridized carbons (Fsp3) is 0.364. The molecule has 1 aliphatic heterocycles. The van der Waals surface area contributed by atoms with E-state index in [0.29, 0.717) is 11.4 Å². The third-order valence-electron chi connectivity index (χ3n) is 2.93. The van der Waals surface area contributed by atoms with E-state index < -0.39 is 14.3 Å². The molecule has 1 unspecified atom stereocenters. The molecule has 0 N–H and O–H groups in total. The van der Waals surface area contributed by atoms with Gasteiger partial charge in [0.05, 0.1) is 10.7 Å². The van der Waals surface area contributed by atoms with Gasteiger partial charge in [-0.3, -0.25) is 4.79 Å². The van der Waals surface area contributed by atoms with Crippen molar-refractivity contribution in [1.29, 1.82) is 0 Å². The second kappa shape index (κ2) is 5.45. The zero-order valence-electron chi connectivity index (χ0n) is 9.97. The Kier molecular flexibility index (Phi) is 4.26. The minimum absolute atomic E-state index is 0.0750. The number of hydrogen-bond acceptors (Lipinski definition) is 4. The van der Waals surface area contributed by atoms with E-state index in [2.05, 4.69) is 22.6 Å². The molecule has 1 aromatic rings. The number of hydrogen-bond donors (Lipinski definition) is 0. The second-order valence-corrected chi connectivity index (χ2v) is 8.20. The highest BCUT2D eigenvalue weighted by molar-refractivity contribution is 14.1. The Hall–Kier alpha value is -0.540. The van der Waals surface area contributed by atoms with E-state index in [1.165, 1.54) is 4.90 Å². The van der Waals surface area contributed by atoms with Crippen LogP contribution in [0, 0.1) is 3.57 Å². The summed E-state index contributed by atoms with van der Waals surface area (Å²) in [6, 6.07) is 5.25. The maximum absolute atomic E-state index is 11.9. The molecule has 1 amide bonds. The van der Waals surface area contributed by atoms with Gasteiger partial charge in [0, 0.05) is 29.3 Å². The number of methoxy groups -OCH3 is 1. The highest BCUT2D eigenvalue weighted by atomic mass is 127. The molecule has 1 aliphatic rings. The average molecular weight is 416 g/mol. The van der Waals surface area contributed by atoms with E-state index in [0.717, 1.165) is 3.57 Å². The molecule has 1 saturated heterocycles. The summed E-state index contributed by atoms with van der Waals surface area (Å²) in [5.74, 6) is 0.465. The van der Waals surface area contributed by atoms with Crippen molar-refractivity contribution < 1.29 is 17.9 Å². The lowest BCUT2D eigenvalue weighted by molar-refractivity contribution is -0.117. The number of rotatable bonds is 3. The lowest BCUT2D eigenvalue weighted by Crippen LogP contribution is -2.26. The number of halogens is 2. The van der Waals surface area contributed by atoms with E-state index >= 15 is 0 Å². The summed E-state index contributed by atoms with van der Waals surface area (Å²) in [5, 5.41) is -0.846. The highest BCUT2D eigenvalue weighted by Gasteiger charge is 2.38. The quantitative estimate of drug-likeness (QED) is 0.559. The lowest BCUT2D eigenvalue weighted by atomic mass is 10.3. The minimum atomic E-state index is -3.72. The van der Waals surface area contributed by atoms with Crippen LogP contribution in [0.2, 0.25) is 0 Å². The van der Waals surface area contributed by atoms with Crippen molar-refractivity contribution in [3.63, 3.8) is 0 Å². The molecule has 0 bridgehead atoms. The number of carbonyl (C=O) groups excluding carboxylic acids is 1. The molecule has 5 nitrogen and oxygen atoms in total. The van der Waals surface area contributed by atoms with Crippen LogP contribution >= 0.6 is 33.3 Å². The first-order chi connectivity index (χ1) is 8.82. The molecule has 0 aliphatic carbocycles. The first kappa shape index (κ1) is 14.9. The summed E-state index contributed by atoms with van der Waals surface area (Å²) in [6.07, 6.45) is -0.0750. The molecule has 19 heavy (non-hydrogen) atoms. The van der Waals surface area contributed by atoms with Crippen molar-refractivity contribution in [3.8, 4) is 5.75 Å². The fourth-order valence-electron chi connectivity index (χ4n) is 1.94. The van der Waals surface area contributed by atoms with Crippen molar-refractivity contribution in [2.45, 2.75) is 11.7 Å². The number of ether oxygens (including phenoxy) is 1. The van der Waals surface area contributed by atoms with E-state index in [-0.39, 0.29) is 18.9 Å². The zero-order valence-corrected chi connectivity index (χ0v) is 13.7. The lowest BCUT2D eigenvalue weighted by Gasteiger charge is -2.17. The van der Waals surface area contributed by atoms with Crippen LogP contribution in [0.1, 0.15) is 6.42 Å². The van der Waals surface area contributed by atoms with Gasteiger partial charge in [0.1, 0.15) is 11.0 Å². The largest absolute Gasteiger partial charge is 0.496 e. The standard InChI is InChI=1S/C11H11ClINO4S/c1-18-10-3-2-7(4-9(10)13)14-6-8(5-11(14)15)19(12,16)17/h2-4,8H,5-6H2,1H3. The smallest absolute Gasteiger partial charge is 0.237 e.